The van der Waals surface area contributed by atoms with E-state index in [4.69, 9.17) is 21.7 Å². The van der Waals surface area contributed by atoms with Gasteiger partial charge in [-0.15, -0.1) is 0 Å². The Labute approximate surface area is 172 Å². The Balaban J connectivity index is 0. The molecule has 0 bridgehead atoms. The van der Waals surface area contributed by atoms with Gasteiger partial charge in [0.2, 0.25) is 0 Å². The molecule has 0 rings (SSSR count). The third-order valence-electron chi connectivity index (χ3n) is 4.69. The zero-order chi connectivity index (χ0) is 21.3. The van der Waals surface area contributed by atoms with Gasteiger partial charge in [-0.3, -0.25) is 9.59 Å². The number of carboxylic acids is 2. The monoisotopic (exact) mass is 402 g/mol. The van der Waals surface area contributed by atoms with Crippen molar-refractivity contribution in [1.82, 2.24) is 0 Å². The van der Waals surface area contributed by atoms with Gasteiger partial charge in [-0.1, -0.05) is 77.0 Å². The maximum atomic E-state index is 10.1. The molecule has 6 heteroatoms. The summed E-state index contributed by atoms with van der Waals surface area (Å²) in [5.41, 5.74) is 10.9. The second-order valence-electron chi connectivity index (χ2n) is 7.52. The Bertz CT molecular complexity index is 306. The third-order valence-corrected chi connectivity index (χ3v) is 4.69. The molecule has 6 nitrogen and oxygen atoms in total. The molecular formula is C22H46N2O4. The number of hydrogen-bond donors (Lipinski definition) is 4. The van der Waals surface area contributed by atoms with E-state index in [-0.39, 0.29) is 12.8 Å². The summed E-state index contributed by atoms with van der Waals surface area (Å²) in [6, 6.07) is 0. The van der Waals surface area contributed by atoms with E-state index >= 15 is 0 Å². The van der Waals surface area contributed by atoms with Crippen molar-refractivity contribution in [3.63, 3.8) is 0 Å². The van der Waals surface area contributed by atoms with Crippen LogP contribution in [0.2, 0.25) is 0 Å². The Hall–Kier alpha value is -1.14. The van der Waals surface area contributed by atoms with Gasteiger partial charge in [0.1, 0.15) is 0 Å². The molecule has 28 heavy (non-hydrogen) atoms. The summed E-state index contributed by atoms with van der Waals surface area (Å²) in [5.74, 6) is -1.48. The van der Waals surface area contributed by atoms with Gasteiger partial charge < -0.3 is 21.7 Å². The van der Waals surface area contributed by atoms with Crippen molar-refractivity contribution in [1.29, 1.82) is 0 Å². The lowest BCUT2D eigenvalue weighted by Crippen LogP contribution is -1.97. The van der Waals surface area contributed by atoms with Crippen molar-refractivity contribution in [2.45, 2.75) is 116 Å². The largest absolute Gasteiger partial charge is 0.481 e. The van der Waals surface area contributed by atoms with E-state index in [2.05, 4.69) is 0 Å². The summed E-state index contributed by atoms with van der Waals surface area (Å²) in [5, 5.41) is 16.7. The van der Waals surface area contributed by atoms with Gasteiger partial charge in [0.25, 0.3) is 0 Å². The van der Waals surface area contributed by atoms with Crippen LogP contribution in [0.25, 0.3) is 0 Å². The van der Waals surface area contributed by atoms with Crippen molar-refractivity contribution in [2.24, 2.45) is 11.5 Å². The maximum Gasteiger partial charge on any atom is 0.303 e. The summed E-state index contributed by atoms with van der Waals surface area (Å²) in [4.78, 5) is 20.3. The zero-order valence-corrected chi connectivity index (χ0v) is 18.0. The highest BCUT2D eigenvalue weighted by Gasteiger charge is 1.98. The van der Waals surface area contributed by atoms with E-state index in [9.17, 15) is 9.59 Å². The van der Waals surface area contributed by atoms with Gasteiger partial charge in [-0.05, 0) is 38.8 Å². The summed E-state index contributed by atoms with van der Waals surface area (Å²) in [7, 11) is 0. The predicted molar refractivity (Wildman–Crippen MR) is 116 cm³/mol. The molecule has 0 saturated heterocycles. The van der Waals surface area contributed by atoms with Crippen LogP contribution < -0.4 is 11.5 Å². The SMILES string of the molecule is NCCCCCCCCCCCCN.O=C(O)CCCCCCCCC(=O)O. The highest BCUT2D eigenvalue weighted by atomic mass is 16.4. The first-order valence-electron chi connectivity index (χ1n) is 11.4. The Morgan fingerprint density at radius 2 is 0.643 bits per heavy atom. The van der Waals surface area contributed by atoms with Crippen LogP contribution in [-0.4, -0.2) is 35.2 Å². The summed E-state index contributed by atoms with van der Waals surface area (Å²) >= 11 is 0. The molecule has 0 heterocycles. The molecule has 0 aliphatic rings. The lowest BCUT2D eigenvalue weighted by Gasteiger charge is -2.01. The fraction of sp³-hybridized carbons (Fsp3) is 0.909. The molecule has 0 atom stereocenters. The molecule has 168 valence electrons. The Kier molecular flexibility index (Phi) is 26.8. The number of hydrogen-bond acceptors (Lipinski definition) is 4. The van der Waals surface area contributed by atoms with E-state index in [1.54, 1.807) is 0 Å². The molecule has 0 saturated carbocycles. The molecule has 0 aromatic carbocycles. The average molecular weight is 403 g/mol. The molecule has 0 unspecified atom stereocenters. The number of carboxylic acid groups (broad SMARTS) is 2. The first-order chi connectivity index (χ1) is 13.5. The lowest BCUT2D eigenvalue weighted by atomic mass is 10.1. The van der Waals surface area contributed by atoms with Crippen LogP contribution in [0.4, 0.5) is 0 Å². The third kappa shape index (κ3) is 32.5. The van der Waals surface area contributed by atoms with E-state index in [0.717, 1.165) is 51.6 Å². The molecule has 6 N–H and O–H groups in total. The Morgan fingerprint density at radius 1 is 0.429 bits per heavy atom. The minimum Gasteiger partial charge on any atom is -0.481 e. The predicted octanol–water partition coefficient (Wildman–Crippen LogP) is 5.08. The average Bonchev–Trinajstić information content (AvgIpc) is 2.65. The molecule has 0 radical (unpaired) electrons. The molecule has 0 aliphatic heterocycles. The minimum absolute atomic E-state index is 0.245. The second-order valence-corrected chi connectivity index (χ2v) is 7.52. The topological polar surface area (TPSA) is 127 Å². The van der Waals surface area contributed by atoms with Gasteiger partial charge in [0.15, 0.2) is 0 Å². The van der Waals surface area contributed by atoms with Gasteiger partial charge in [0.05, 0.1) is 0 Å². The van der Waals surface area contributed by atoms with Crippen molar-refractivity contribution in [3.8, 4) is 0 Å². The smallest absolute Gasteiger partial charge is 0.303 e. The highest BCUT2D eigenvalue weighted by Crippen LogP contribution is 2.10. The fourth-order valence-electron chi connectivity index (χ4n) is 2.96. The number of rotatable bonds is 20. The zero-order valence-electron chi connectivity index (χ0n) is 18.0. The van der Waals surface area contributed by atoms with Crippen LogP contribution in [0, 0.1) is 0 Å². The van der Waals surface area contributed by atoms with E-state index in [1.807, 2.05) is 0 Å². The Morgan fingerprint density at radius 3 is 0.857 bits per heavy atom. The highest BCUT2D eigenvalue weighted by molar-refractivity contribution is 5.66. The number of aliphatic carboxylic acids is 2. The molecule has 0 aromatic heterocycles. The van der Waals surface area contributed by atoms with Gasteiger partial charge in [-0.2, -0.15) is 0 Å². The van der Waals surface area contributed by atoms with Gasteiger partial charge >= 0.3 is 11.9 Å². The van der Waals surface area contributed by atoms with Crippen molar-refractivity contribution >= 4 is 11.9 Å². The molecule has 0 spiro atoms. The summed E-state index contributed by atoms with van der Waals surface area (Å²) in [6.07, 6.45) is 19.2. The van der Waals surface area contributed by atoms with Crippen molar-refractivity contribution in [3.05, 3.63) is 0 Å². The van der Waals surface area contributed by atoms with E-state index < -0.39 is 11.9 Å². The normalized spacial score (nSPS) is 10.4. The van der Waals surface area contributed by atoms with Crippen LogP contribution >= 0.6 is 0 Å². The fourth-order valence-corrected chi connectivity index (χ4v) is 2.96. The first kappa shape index (κ1) is 29.1. The van der Waals surface area contributed by atoms with E-state index in [0.29, 0.717) is 0 Å². The number of nitrogens with two attached hydrogens (primary N) is 2. The number of carbonyl (C=O) groups is 2. The molecule has 0 amide bonds. The van der Waals surface area contributed by atoms with E-state index in [1.165, 1.54) is 64.2 Å². The quantitative estimate of drug-likeness (QED) is 0.210. The maximum absolute atomic E-state index is 10.1. The van der Waals surface area contributed by atoms with Crippen LogP contribution in [-0.2, 0) is 9.59 Å². The second kappa shape index (κ2) is 25.9. The van der Waals surface area contributed by atoms with Gasteiger partial charge in [-0.25, -0.2) is 0 Å². The standard InChI is InChI=1S/C12H28N2.C10H18O4/c13-11-9-7-5-3-1-2-4-6-8-10-12-14;11-9(12)7-5-3-1-2-4-6-8-10(13)14/h1-14H2;1-8H2,(H,11,12)(H,13,14). The molecule has 0 fully saturated rings. The van der Waals surface area contributed by atoms with Crippen molar-refractivity contribution in [2.75, 3.05) is 13.1 Å². The van der Waals surface area contributed by atoms with Crippen LogP contribution in [0.1, 0.15) is 116 Å². The molecule has 0 aromatic rings. The lowest BCUT2D eigenvalue weighted by molar-refractivity contribution is -0.138. The van der Waals surface area contributed by atoms with Crippen LogP contribution in [0.3, 0.4) is 0 Å². The van der Waals surface area contributed by atoms with Crippen LogP contribution in [0.15, 0.2) is 0 Å². The number of unbranched alkanes of at least 4 members (excludes halogenated alkanes) is 14. The van der Waals surface area contributed by atoms with Crippen LogP contribution in [0.5, 0.6) is 0 Å². The minimum atomic E-state index is -0.740. The van der Waals surface area contributed by atoms with Gasteiger partial charge in [0, 0.05) is 12.8 Å². The molecular weight excluding hydrogens is 356 g/mol. The summed E-state index contributed by atoms with van der Waals surface area (Å²) in [6.45, 7) is 1.72. The van der Waals surface area contributed by atoms with Crippen molar-refractivity contribution < 1.29 is 19.8 Å². The molecule has 0 aliphatic carbocycles. The first-order valence-corrected chi connectivity index (χ1v) is 11.4. The summed E-state index contributed by atoms with van der Waals surface area (Å²) < 4.78 is 0.